The van der Waals surface area contributed by atoms with Gasteiger partial charge in [-0.3, -0.25) is 0 Å². The summed E-state index contributed by atoms with van der Waals surface area (Å²) >= 11 is 1.59. The molecule has 0 spiro atoms. The van der Waals surface area contributed by atoms with E-state index >= 15 is 0 Å². The lowest BCUT2D eigenvalue weighted by molar-refractivity contribution is 0.430. The van der Waals surface area contributed by atoms with Crippen molar-refractivity contribution in [3.63, 3.8) is 0 Å². The van der Waals surface area contributed by atoms with Gasteiger partial charge in [0.15, 0.2) is 0 Å². The molecular formula is C27H25N5O3S2. The summed E-state index contributed by atoms with van der Waals surface area (Å²) in [7, 11) is -3.82. The van der Waals surface area contributed by atoms with Crippen molar-refractivity contribution < 1.29 is 12.9 Å². The highest BCUT2D eigenvalue weighted by molar-refractivity contribution is 7.92. The van der Waals surface area contributed by atoms with Gasteiger partial charge in [-0.25, -0.2) is 23.1 Å². The fraction of sp³-hybridized carbons (Fsp3) is 0.222. The smallest absolute Gasteiger partial charge is 0.264 e. The lowest BCUT2D eigenvalue weighted by atomic mass is 9.89. The molecule has 6 rings (SSSR count). The summed E-state index contributed by atoms with van der Waals surface area (Å²) in [5.41, 5.74) is 7.13. The van der Waals surface area contributed by atoms with Crippen molar-refractivity contribution >= 4 is 49.0 Å². The quantitative estimate of drug-likeness (QED) is 0.261. The fourth-order valence-corrected chi connectivity index (χ4v) is 6.59. The molecule has 0 bridgehead atoms. The molecule has 0 aliphatic heterocycles. The molecule has 0 atom stereocenters. The molecule has 0 fully saturated rings. The van der Waals surface area contributed by atoms with Gasteiger partial charge in [-0.15, -0.1) is 11.3 Å². The van der Waals surface area contributed by atoms with Crippen LogP contribution in [0.3, 0.4) is 0 Å². The maximum absolute atomic E-state index is 12.8. The molecule has 3 aromatic heterocycles. The average Bonchev–Trinajstić information content (AvgIpc) is 3.48. The van der Waals surface area contributed by atoms with Crippen LogP contribution in [0, 0.1) is 13.8 Å². The molecule has 2 aromatic carbocycles. The molecule has 0 amide bonds. The van der Waals surface area contributed by atoms with Gasteiger partial charge in [-0.1, -0.05) is 23.4 Å². The summed E-state index contributed by atoms with van der Waals surface area (Å²) in [6.45, 7) is 3.51. The largest absolute Gasteiger partial charge is 0.340 e. The maximum atomic E-state index is 12.8. The molecule has 2 N–H and O–H groups in total. The molecule has 5 aromatic rings. The normalized spacial score (nSPS) is 13.5. The van der Waals surface area contributed by atoms with Crippen molar-refractivity contribution in [3.8, 4) is 11.1 Å². The Hall–Kier alpha value is -3.76. The van der Waals surface area contributed by atoms with Crippen LogP contribution in [-0.2, 0) is 22.9 Å². The highest BCUT2D eigenvalue weighted by Gasteiger charge is 2.20. The Labute approximate surface area is 218 Å². The SMILES string of the molecule is Cc1noc(NS(=O)(=O)c2ccc(Nc3ncnc4scc(-c5ccc6c(c5)CCCC6)c34)cc2)c1C. The van der Waals surface area contributed by atoms with Crippen LogP contribution >= 0.6 is 11.3 Å². The topological polar surface area (TPSA) is 110 Å². The molecule has 1 aliphatic carbocycles. The number of anilines is 3. The molecule has 1 aliphatic rings. The zero-order valence-electron chi connectivity index (χ0n) is 20.4. The second-order valence-corrected chi connectivity index (χ2v) is 11.8. The first-order chi connectivity index (χ1) is 17.9. The third-order valence-corrected chi connectivity index (χ3v) is 9.07. The average molecular weight is 532 g/mol. The molecule has 8 nitrogen and oxygen atoms in total. The number of hydrogen-bond donors (Lipinski definition) is 2. The first-order valence-electron chi connectivity index (χ1n) is 12.1. The number of nitrogens with one attached hydrogen (secondary N) is 2. The standard InChI is InChI=1S/C27H25N5O3S2/c1-16-17(2)31-35-26(16)32-37(33,34)22-11-9-21(10-12-22)30-25-24-23(14-36-27(24)29-15-28-25)20-8-7-18-5-3-4-6-19(18)13-20/h7-15,32H,3-6H2,1-2H3,(H,28,29,30). The summed E-state index contributed by atoms with van der Waals surface area (Å²) in [5, 5.41) is 10.2. The van der Waals surface area contributed by atoms with E-state index in [0.717, 1.165) is 34.2 Å². The Morgan fingerprint density at radius 1 is 0.973 bits per heavy atom. The van der Waals surface area contributed by atoms with Crippen molar-refractivity contribution in [2.45, 2.75) is 44.4 Å². The van der Waals surface area contributed by atoms with E-state index in [9.17, 15) is 8.42 Å². The van der Waals surface area contributed by atoms with Crippen LogP contribution in [0.2, 0.25) is 0 Å². The molecule has 0 saturated carbocycles. The summed E-state index contributed by atoms with van der Waals surface area (Å²) in [6.07, 6.45) is 6.30. The molecule has 0 saturated heterocycles. The summed E-state index contributed by atoms with van der Waals surface area (Å²) in [5.74, 6) is 0.802. The number of thiophene rings is 1. The number of sulfonamides is 1. The predicted octanol–water partition coefficient (Wildman–Crippen LogP) is 6.39. The number of hydrogen-bond acceptors (Lipinski definition) is 8. The van der Waals surface area contributed by atoms with Gasteiger partial charge >= 0.3 is 0 Å². The van der Waals surface area contributed by atoms with E-state index in [1.54, 1.807) is 55.8 Å². The van der Waals surface area contributed by atoms with E-state index in [2.05, 4.69) is 48.7 Å². The molecule has 0 unspecified atom stereocenters. The Morgan fingerprint density at radius 2 is 1.76 bits per heavy atom. The Morgan fingerprint density at radius 3 is 2.51 bits per heavy atom. The predicted molar refractivity (Wildman–Crippen MR) is 146 cm³/mol. The van der Waals surface area contributed by atoms with Gasteiger partial charge in [0, 0.05) is 22.2 Å². The number of benzene rings is 2. The van der Waals surface area contributed by atoms with Crippen LogP contribution in [-0.4, -0.2) is 23.5 Å². The minimum atomic E-state index is -3.82. The minimum absolute atomic E-state index is 0.115. The molecule has 37 heavy (non-hydrogen) atoms. The summed E-state index contributed by atoms with van der Waals surface area (Å²) in [6, 6.07) is 13.3. The van der Waals surface area contributed by atoms with Gasteiger partial charge in [-0.2, -0.15) is 0 Å². The Kier molecular flexibility index (Phi) is 5.92. The highest BCUT2D eigenvalue weighted by atomic mass is 32.2. The van der Waals surface area contributed by atoms with Crippen molar-refractivity contribution in [3.05, 3.63) is 76.6 Å². The van der Waals surface area contributed by atoms with Crippen LogP contribution in [0.25, 0.3) is 21.3 Å². The zero-order chi connectivity index (χ0) is 25.6. The summed E-state index contributed by atoms with van der Waals surface area (Å²) in [4.78, 5) is 10.0. The number of aromatic nitrogens is 3. The number of aryl methyl sites for hydroxylation is 3. The minimum Gasteiger partial charge on any atom is -0.340 e. The number of rotatable bonds is 6. The molecule has 188 valence electrons. The van der Waals surface area contributed by atoms with Crippen LogP contribution in [0.5, 0.6) is 0 Å². The van der Waals surface area contributed by atoms with Crippen molar-refractivity contribution in [2.75, 3.05) is 10.0 Å². The van der Waals surface area contributed by atoms with Crippen LogP contribution < -0.4 is 10.0 Å². The van der Waals surface area contributed by atoms with E-state index in [-0.39, 0.29) is 10.8 Å². The van der Waals surface area contributed by atoms with Crippen LogP contribution in [0.15, 0.2) is 63.6 Å². The Balaban J connectivity index is 1.29. The molecule has 10 heteroatoms. The zero-order valence-corrected chi connectivity index (χ0v) is 22.0. The van der Waals surface area contributed by atoms with Gasteiger partial charge in [0.05, 0.1) is 16.0 Å². The van der Waals surface area contributed by atoms with Crippen molar-refractivity contribution in [1.82, 2.24) is 15.1 Å². The monoisotopic (exact) mass is 531 g/mol. The maximum Gasteiger partial charge on any atom is 0.264 e. The molecule has 0 radical (unpaired) electrons. The second kappa shape index (κ2) is 9.28. The van der Waals surface area contributed by atoms with Crippen molar-refractivity contribution in [2.24, 2.45) is 0 Å². The van der Waals surface area contributed by atoms with Gasteiger partial charge in [-0.05, 0) is 80.5 Å². The van der Waals surface area contributed by atoms with E-state index in [1.165, 1.54) is 24.0 Å². The summed E-state index contributed by atoms with van der Waals surface area (Å²) < 4.78 is 33.2. The van der Waals surface area contributed by atoms with E-state index in [4.69, 9.17) is 4.52 Å². The van der Waals surface area contributed by atoms with Crippen molar-refractivity contribution in [1.29, 1.82) is 0 Å². The number of fused-ring (bicyclic) bond motifs is 2. The highest BCUT2D eigenvalue weighted by Crippen LogP contribution is 2.39. The van der Waals surface area contributed by atoms with E-state index < -0.39 is 10.0 Å². The third-order valence-electron chi connectivity index (χ3n) is 6.84. The first kappa shape index (κ1) is 23.6. The Bertz CT molecular complexity index is 1720. The van der Waals surface area contributed by atoms with Crippen LogP contribution in [0.1, 0.15) is 35.2 Å². The number of nitrogens with zero attached hydrogens (tertiary/aromatic N) is 3. The molecular weight excluding hydrogens is 506 g/mol. The lowest BCUT2D eigenvalue weighted by Crippen LogP contribution is -2.13. The third kappa shape index (κ3) is 4.47. The van der Waals surface area contributed by atoms with Gasteiger partial charge in [0.2, 0.25) is 5.88 Å². The molecule has 3 heterocycles. The van der Waals surface area contributed by atoms with E-state index in [1.807, 2.05) is 0 Å². The first-order valence-corrected chi connectivity index (χ1v) is 14.4. The fourth-order valence-electron chi connectivity index (χ4n) is 4.63. The second-order valence-electron chi connectivity index (χ2n) is 9.22. The van der Waals surface area contributed by atoms with Gasteiger partial charge < -0.3 is 9.84 Å². The van der Waals surface area contributed by atoms with Gasteiger partial charge in [0.1, 0.15) is 17.0 Å². The van der Waals surface area contributed by atoms with Gasteiger partial charge in [0.25, 0.3) is 10.0 Å². The van der Waals surface area contributed by atoms with E-state index in [0.29, 0.717) is 22.8 Å². The van der Waals surface area contributed by atoms with Crippen LogP contribution in [0.4, 0.5) is 17.4 Å². The lowest BCUT2D eigenvalue weighted by Gasteiger charge is -2.16.